The Morgan fingerprint density at radius 1 is 0.533 bits per heavy atom. The van der Waals surface area contributed by atoms with Crippen LogP contribution in [0.4, 0.5) is 20.2 Å². The largest absolute Gasteiger partial charge is 0.334 e. The molecule has 4 aromatic carbocycles. The van der Waals surface area contributed by atoms with Gasteiger partial charge in [-0.1, -0.05) is 66.7 Å². The van der Waals surface area contributed by atoms with Gasteiger partial charge in [0.25, 0.3) is 0 Å². The molecule has 0 N–H and O–H groups in total. The van der Waals surface area contributed by atoms with Crippen molar-refractivity contribution in [3.63, 3.8) is 0 Å². The van der Waals surface area contributed by atoms with Gasteiger partial charge in [0.2, 0.25) is 0 Å². The Bertz CT molecular complexity index is 1150. The molecule has 0 saturated heterocycles. The maximum absolute atomic E-state index is 15.2. The third-order valence-electron chi connectivity index (χ3n) is 5.14. The normalized spacial score (nSPS) is 11.0. The molecule has 0 saturated carbocycles. The number of para-hydroxylation sites is 1. The highest BCUT2D eigenvalue weighted by atomic mass is 19.1. The van der Waals surface area contributed by atoms with E-state index in [0.717, 1.165) is 22.3 Å². The Balaban J connectivity index is 1.73. The molecule has 0 aliphatic heterocycles. The molecule has 0 spiro atoms. The zero-order valence-electron chi connectivity index (χ0n) is 17.0. The summed E-state index contributed by atoms with van der Waals surface area (Å²) in [5, 5.41) is 0. The second kappa shape index (κ2) is 8.50. The van der Waals surface area contributed by atoms with E-state index in [0.29, 0.717) is 11.4 Å². The molecule has 0 fully saturated rings. The zero-order chi connectivity index (χ0) is 21.1. The van der Waals surface area contributed by atoms with Crippen molar-refractivity contribution in [3.05, 3.63) is 109 Å². The summed E-state index contributed by atoms with van der Waals surface area (Å²) in [7, 11) is 0. The lowest BCUT2D eigenvalue weighted by molar-refractivity contribution is 0.602. The summed E-state index contributed by atoms with van der Waals surface area (Å²) in [6, 6.07) is 29.6. The van der Waals surface area contributed by atoms with Crippen LogP contribution in [0.25, 0.3) is 22.3 Å². The van der Waals surface area contributed by atoms with E-state index in [9.17, 15) is 4.39 Å². The average Bonchev–Trinajstić information content (AvgIpc) is 2.77. The van der Waals surface area contributed by atoms with E-state index in [2.05, 4.69) is 18.2 Å². The van der Waals surface area contributed by atoms with Gasteiger partial charge in [0.05, 0.1) is 11.4 Å². The molecule has 0 aromatic heterocycles. The van der Waals surface area contributed by atoms with Gasteiger partial charge in [-0.25, -0.2) is 8.78 Å². The molecule has 0 atom stereocenters. The van der Waals surface area contributed by atoms with Crippen molar-refractivity contribution in [1.82, 2.24) is 0 Å². The molecule has 4 rings (SSSR count). The van der Waals surface area contributed by atoms with Crippen LogP contribution in [0.15, 0.2) is 97.1 Å². The van der Waals surface area contributed by atoms with Gasteiger partial charge in [-0.3, -0.25) is 0 Å². The number of hydrogen-bond acceptors (Lipinski definition) is 1. The number of anilines is 2. The van der Waals surface area contributed by atoms with Gasteiger partial charge >= 0.3 is 0 Å². The Labute approximate surface area is 176 Å². The van der Waals surface area contributed by atoms with Gasteiger partial charge in [0.15, 0.2) is 0 Å². The van der Waals surface area contributed by atoms with Crippen LogP contribution in [-0.4, -0.2) is 6.04 Å². The first-order valence-electron chi connectivity index (χ1n) is 10.0. The van der Waals surface area contributed by atoms with E-state index < -0.39 is 0 Å². The summed E-state index contributed by atoms with van der Waals surface area (Å²) in [5.41, 5.74) is 4.63. The maximum atomic E-state index is 15.2. The third-order valence-corrected chi connectivity index (χ3v) is 5.14. The van der Waals surface area contributed by atoms with Crippen LogP contribution < -0.4 is 4.90 Å². The maximum Gasteiger partial charge on any atom is 0.147 e. The van der Waals surface area contributed by atoms with Crippen molar-refractivity contribution in [1.29, 1.82) is 0 Å². The van der Waals surface area contributed by atoms with Crippen LogP contribution >= 0.6 is 0 Å². The first-order chi connectivity index (χ1) is 14.5. The monoisotopic (exact) mass is 399 g/mol. The average molecular weight is 399 g/mol. The summed E-state index contributed by atoms with van der Waals surface area (Å²) >= 11 is 0. The van der Waals surface area contributed by atoms with Crippen LogP contribution in [-0.2, 0) is 0 Å². The lowest BCUT2D eigenvalue weighted by Crippen LogP contribution is -2.27. The van der Waals surface area contributed by atoms with Crippen LogP contribution in [0, 0.1) is 11.6 Å². The molecular weight excluding hydrogens is 376 g/mol. The predicted octanol–water partition coefficient (Wildman–Crippen LogP) is 7.85. The lowest BCUT2D eigenvalue weighted by Gasteiger charge is -2.30. The Hall–Kier alpha value is -3.46. The Morgan fingerprint density at radius 2 is 1.10 bits per heavy atom. The first-order valence-corrected chi connectivity index (χ1v) is 10.0. The summed E-state index contributed by atoms with van der Waals surface area (Å²) in [6.45, 7) is 3.84. The molecule has 3 heteroatoms. The van der Waals surface area contributed by atoms with Gasteiger partial charge in [-0.15, -0.1) is 0 Å². The molecule has 150 valence electrons. The van der Waals surface area contributed by atoms with Crippen LogP contribution in [0.5, 0.6) is 0 Å². The number of halogens is 2. The van der Waals surface area contributed by atoms with Crippen molar-refractivity contribution in [2.45, 2.75) is 19.9 Å². The molecule has 0 heterocycles. The molecule has 0 radical (unpaired) electrons. The quantitative estimate of drug-likeness (QED) is 0.330. The predicted molar refractivity (Wildman–Crippen MR) is 121 cm³/mol. The minimum atomic E-state index is -0.380. The van der Waals surface area contributed by atoms with Crippen LogP contribution in [0.2, 0.25) is 0 Å². The van der Waals surface area contributed by atoms with Crippen molar-refractivity contribution < 1.29 is 8.78 Å². The second-order valence-electron chi connectivity index (χ2n) is 7.53. The van der Waals surface area contributed by atoms with E-state index in [1.165, 1.54) is 12.1 Å². The highest BCUT2D eigenvalue weighted by Crippen LogP contribution is 2.35. The van der Waals surface area contributed by atoms with Gasteiger partial charge in [0.1, 0.15) is 11.6 Å². The Morgan fingerprint density at radius 3 is 1.77 bits per heavy atom. The second-order valence-corrected chi connectivity index (χ2v) is 7.53. The van der Waals surface area contributed by atoms with Gasteiger partial charge < -0.3 is 4.90 Å². The van der Waals surface area contributed by atoms with Gasteiger partial charge in [-0.2, -0.15) is 0 Å². The van der Waals surface area contributed by atoms with Crippen molar-refractivity contribution >= 4 is 11.4 Å². The fraction of sp³-hybridized carbons (Fsp3) is 0.111. The van der Waals surface area contributed by atoms with E-state index in [1.807, 2.05) is 56.3 Å². The van der Waals surface area contributed by atoms with E-state index in [4.69, 9.17) is 0 Å². The molecule has 0 aliphatic rings. The van der Waals surface area contributed by atoms with E-state index >= 15 is 4.39 Å². The summed E-state index contributed by atoms with van der Waals surface area (Å²) in [5.74, 6) is -0.750. The number of benzene rings is 4. The number of nitrogens with zero attached hydrogens (tertiary/aromatic N) is 1. The standard InChI is InChI=1S/C27H23F2N/c1-19(2)30(26-14-7-6-13-24(26)28)27-16-15-23(18-25(27)29)22-12-8-11-21(17-22)20-9-4-3-5-10-20/h3-19H,1-2H3. The van der Waals surface area contributed by atoms with Gasteiger partial charge in [0, 0.05) is 6.04 Å². The summed E-state index contributed by atoms with van der Waals surface area (Å²) in [6.07, 6.45) is 0. The number of rotatable bonds is 5. The van der Waals surface area contributed by atoms with Crippen LogP contribution in [0.1, 0.15) is 13.8 Å². The smallest absolute Gasteiger partial charge is 0.147 e. The molecule has 0 bridgehead atoms. The molecule has 4 aromatic rings. The highest BCUT2D eigenvalue weighted by Gasteiger charge is 2.20. The molecule has 0 unspecified atom stereocenters. The van der Waals surface area contributed by atoms with Crippen molar-refractivity contribution in [3.8, 4) is 22.3 Å². The molecule has 30 heavy (non-hydrogen) atoms. The highest BCUT2D eigenvalue weighted by molar-refractivity contribution is 5.75. The zero-order valence-corrected chi connectivity index (χ0v) is 17.0. The van der Waals surface area contributed by atoms with Gasteiger partial charge in [-0.05, 0) is 66.4 Å². The van der Waals surface area contributed by atoms with E-state index in [-0.39, 0.29) is 17.7 Å². The summed E-state index contributed by atoms with van der Waals surface area (Å²) < 4.78 is 29.6. The van der Waals surface area contributed by atoms with Crippen molar-refractivity contribution in [2.24, 2.45) is 0 Å². The fourth-order valence-corrected chi connectivity index (χ4v) is 3.72. The number of hydrogen-bond donors (Lipinski definition) is 0. The molecular formula is C27H23F2N. The molecule has 0 amide bonds. The lowest BCUT2D eigenvalue weighted by atomic mass is 9.98. The Kier molecular flexibility index (Phi) is 5.62. The minimum Gasteiger partial charge on any atom is -0.334 e. The van der Waals surface area contributed by atoms with Crippen molar-refractivity contribution in [2.75, 3.05) is 4.90 Å². The first kappa shape index (κ1) is 19.8. The third kappa shape index (κ3) is 3.97. The topological polar surface area (TPSA) is 3.24 Å². The van der Waals surface area contributed by atoms with Crippen LogP contribution in [0.3, 0.4) is 0 Å². The minimum absolute atomic E-state index is 0.108. The fourth-order valence-electron chi connectivity index (χ4n) is 3.72. The molecule has 0 aliphatic carbocycles. The summed E-state index contributed by atoms with van der Waals surface area (Å²) in [4.78, 5) is 1.69. The SMILES string of the molecule is CC(C)N(c1ccccc1F)c1ccc(-c2cccc(-c3ccccc3)c2)cc1F. The molecule has 1 nitrogen and oxygen atoms in total. The van der Waals surface area contributed by atoms with E-state index in [1.54, 1.807) is 29.2 Å².